The lowest BCUT2D eigenvalue weighted by molar-refractivity contribution is -0.0356. The molecule has 1 fully saturated rings. The Morgan fingerprint density at radius 3 is 2.54 bits per heavy atom. The number of aliphatic hydroxyl groups is 1. The SMILES string of the molecule is CCCCCCCCCCC#Cc1cn([C@H]2CC(F)[C@@H](CO)O2)c(=O)[nH]c1=O. The van der Waals surface area contributed by atoms with Gasteiger partial charge in [-0.3, -0.25) is 14.3 Å². The van der Waals surface area contributed by atoms with Crippen LogP contribution in [0.2, 0.25) is 0 Å². The number of hydrogen-bond acceptors (Lipinski definition) is 4. The Labute approximate surface area is 165 Å². The van der Waals surface area contributed by atoms with Gasteiger partial charge in [0.15, 0.2) is 0 Å². The molecule has 0 amide bonds. The number of halogens is 1. The van der Waals surface area contributed by atoms with Crippen molar-refractivity contribution in [2.24, 2.45) is 0 Å². The maximum atomic E-state index is 13.8. The molecule has 2 N–H and O–H groups in total. The first-order valence-electron chi connectivity index (χ1n) is 10.3. The van der Waals surface area contributed by atoms with Crippen molar-refractivity contribution in [2.75, 3.05) is 6.61 Å². The van der Waals surface area contributed by atoms with E-state index < -0.39 is 36.4 Å². The molecule has 28 heavy (non-hydrogen) atoms. The summed E-state index contributed by atoms with van der Waals surface area (Å²) in [6, 6.07) is 0. The highest BCUT2D eigenvalue weighted by Gasteiger charge is 2.36. The Morgan fingerprint density at radius 2 is 1.89 bits per heavy atom. The first-order valence-corrected chi connectivity index (χ1v) is 10.3. The van der Waals surface area contributed by atoms with E-state index >= 15 is 0 Å². The molecule has 156 valence electrons. The Bertz CT molecular complexity index is 777. The molecule has 1 aromatic rings. The number of aromatic nitrogens is 2. The average molecular weight is 394 g/mol. The number of aromatic amines is 1. The lowest BCUT2D eigenvalue weighted by Crippen LogP contribution is -2.33. The average Bonchev–Trinajstić information content (AvgIpc) is 3.05. The van der Waals surface area contributed by atoms with Crippen LogP contribution >= 0.6 is 0 Å². The third-order valence-corrected chi connectivity index (χ3v) is 5.00. The smallest absolute Gasteiger partial charge is 0.330 e. The van der Waals surface area contributed by atoms with Crippen LogP contribution in [-0.2, 0) is 4.74 Å². The van der Waals surface area contributed by atoms with Crippen molar-refractivity contribution < 1.29 is 14.2 Å². The number of H-pyrrole nitrogens is 1. The van der Waals surface area contributed by atoms with Crippen molar-refractivity contribution in [3.63, 3.8) is 0 Å². The fourth-order valence-corrected chi connectivity index (χ4v) is 3.32. The number of nitrogens with one attached hydrogen (secondary N) is 1. The van der Waals surface area contributed by atoms with Crippen molar-refractivity contribution in [1.29, 1.82) is 0 Å². The summed E-state index contributed by atoms with van der Waals surface area (Å²) in [6.45, 7) is 1.75. The largest absolute Gasteiger partial charge is 0.394 e. The van der Waals surface area contributed by atoms with Gasteiger partial charge in [-0.1, -0.05) is 63.7 Å². The van der Waals surface area contributed by atoms with Crippen LogP contribution in [0.5, 0.6) is 0 Å². The van der Waals surface area contributed by atoms with Crippen LogP contribution in [0.15, 0.2) is 15.8 Å². The highest BCUT2D eigenvalue weighted by molar-refractivity contribution is 5.29. The van der Waals surface area contributed by atoms with Gasteiger partial charge in [-0.15, -0.1) is 0 Å². The lowest BCUT2D eigenvalue weighted by atomic mass is 10.1. The Morgan fingerprint density at radius 1 is 1.21 bits per heavy atom. The fourth-order valence-electron chi connectivity index (χ4n) is 3.32. The number of unbranched alkanes of at least 4 members (excludes halogenated alkanes) is 8. The summed E-state index contributed by atoms with van der Waals surface area (Å²) in [6.07, 6.45) is 8.49. The zero-order chi connectivity index (χ0) is 20.4. The molecule has 1 unspecified atom stereocenters. The third-order valence-electron chi connectivity index (χ3n) is 5.00. The molecule has 7 heteroatoms. The monoisotopic (exact) mass is 394 g/mol. The molecule has 0 radical (unpaired) electrons. The number of hydrogen-bond donors (Lipinski definition) is 2. The van der Waals surface area contributed by atoms with Gasteiger partial charge in [-0.2, -0.15) is 0 Å². The minimum absolute atomic E-state index is 0.0533. The molecule has 0 aromatic carbocycles. The molecule has 3 atom stereocenters. The standard InChI is InChI=1S/C21H31FN2O4/c1-2-3-4-5-6-7-8-9-10-11-12-16-14-24(21(27)23-20(16)26)19-13-17(22)18(15-25)28-19/h14,17-19,25H,2-10,13,15H2,1H3,(H,23,26,27)/t17?,18-,19-/m1/s1. The predicted octanol–water partition coefficient (Wildman–Crippen LogP) is 3.04. The van der Waals surface area contributed by atoms with E-state index in [2.05, 4.69) is 23.7 Å². The number of aliphatic hydroxyl groups excluding tert-OH is 1. The maximum Gasteiger partial charge on any atom is 0.330 e. The number of alkyl halides is 1. The summed E-state index contributed by atoms with van der Waals surface area (Å²) in [7, 11) is 0. The number of nitrogens with zero attached hydrogens (tertiary/aromatic N) is 1. The molecule has 1 saturated heterocycles. The topological polar surface area (TPSA) is 84.3 Å². The summed E-state index contributed by atoms with van der Waals surface area (Å²) >= 11 is 0. The van der Waals surface area contributed by atoms with Gasteiger partial charge in [0.2, 0.25) is 0 Å². The van der Waals surface area contributed by atoms with Crippen molar-refractivity contribution >= 4 is 0 Å². The minimum Gasteiger partial charge on any atom is -0.394 e. The zero-order valence-electron chi connectivity index (χ0n) is 16.6. The second-order valence-corrected chi connectivity index (χ2v) is 7.30. The van der Waals surface area contributed by atoms with Crippen molar-refractivity contribution in [3.05, 3.63) is 32.6 Å². The van der Waals surface area contributed by atoms with Gasteiger partial charge in [-0.05, 0) is 6.42 Å². The van der Waals surface area contributed by atoms with E-state index in [0.29, 0.717) is 6.42 Å². The normalized spacial score (nSPS) is 21.5. The van der Waals surface area contributed by atoms with E-state index in [1.54, 1.807) is 0 Å². The molecule has 2 rings (SSSR count). The molecule has 0 aliphatic carbocycles. The van der Waals surface area contributed by atoms with Crippen LogP contribution in [0.4, 0.5) is 4.39 Å². The summed E-state index contributed by atoms with van der Waals surface area (Å²) in [4.78, 5) is 26.2. The van der Waals surface area contributed by atoms with Gasteiger partial charge in [0.05, 0.1) is 6.61 Å². The van der Waals surface area contributed by atoms with E-state index in [9.17, 15) is 14.0 Å². The maximum absolute atomic E-state index is 13.8. The second-order valence-electron chi connectivity index (χ2n) is 7.30. The quantitative estimate of drug-likeness (QED) is 0.472. The molecule has 1 aromatic heterocycles. The summed E-state index contributed by atoms with van der Waals surface area (Å²) in [5.41, 5.74) is -1.07. The minimum atomic E-state index is -1.36. The Hall–Kier alpha value is -1.91. The van der Waals surface area contributed by atoms with Gasteiger partial charge in [0.1, 0.15) is 24.1 Å². The number of rotatable bonds is 10. The van der Waals surface area contributed by atoms with Gasteiger partial charge in [0.25, 0.3) is 5.56 Å². The van der Waals surface area contributed by atoms with Crippen LogP contribution in [-0.4, -0.2) is 33.5 Å². The van der Waals surface area contributed by atoms with Crippen molar-refractivity contribution in [2.45, 2.75) is 89.6 Å². The molecule has 2 heterocycles. The predicted molar refractivity (Wildman–Crippen MR) is 106 cm³/mol. The number of ether oxygens (including phenoxy) is 1. The molecule has 6 nitrogen and oxygen atoms in total. The first-order chi connectivity index (χ1) is 13.6. The molecular formula is C21H31FN2O4. The van der Waals surface area contributed by atoms with Gasteiger partial charge in [0, 0.05) is 19.0 Å². The Kier molecular flexibility index (Phi) is 9.45. The second kappa shape index (κ2) is 11.8. The van der Waals surface area contributed by atoms with Gasteiger partial charge in [-0.25, -0.2) is 9.18 Å². The van der Waals surface area contributed by atoms with E-state index in [0.717, 1.165) is 17.4 Å². The van der Waals surface area contributed by atoms with Crippen LogP contribution in [0.3, 0.4) is 0 Å². The first kappa shape index (κ1) is 22.4. The van der Waals surface area contributed by atoms with Crippen LogP contribution in [0.25, 0.3) is 0 Å². The highest BCUT2D eigenvalue weighted by Crippen LogP contribution is 2.29. The summed E-state index contributed by atoms with van der Waals surface area (Å²) < 4.78 is 20.3. The molecule has 1 aliphatic rings. The fraction of sp³-hybridized carbons (Fsp3) is 0.714. The van der Waals surface area contributed by atoms with E-state index in [1.807, 2.05) is 0 Å². The van der Waals surface area contributed by atoms with Crippen LogP contribution in [0, 0.1) is 11.8 Å². The molecular weight excluding hydrogens is 363 g/mol. The van der Waals surface area contributed by atoms with Crippen LogP contribution in [0.1, 0.15) is 82.9 Å². The van der Waals surface area contributed by atoms with Gasteiger partial charge < -0.3 is 9.84 Å². The van der Waals surface area contributed by atoms with Gasteiger partial charge >= 0.3 is 5.69 Å². The van der Waals surface area contributed by atoms with E-state index in [4.69, 9.17) is 9.84 Å². The molecule has 0 bridgehead atoms. The summed E-state index contributed by atoms with van der Waals surface area (Å²) in [5.74, 6) is 5.79. The Balaban J connectivity index is 1.87. The van der Waals surface area contributed by atoms with Crippen molar-refractivity contribution in [1.82, 2.24) is 9.55 Å². The lowest BCUT2D eigenvalue weighted by Gasteiger charge is -2.14. The van der Waals surface area contributed by atoms with Crippen molar-refractivity contribution in [3.8, 4) is 11.8 Å². The molecule has 0 saturated carbocycles. The van der Waals surface area contributed by atoms with Crippen LogP contribution < -0.4 is 11.2 Å². The van der Waals surface area contributed by atoms with E-state index in [1.165, 1.54) is 44.7 Å². The molecule has 1 aliphatic heterocycles. The molecule has 0 spiro atoms. The third kappa shape index (κ3) is 6.61. The van der Waals surface area contributed by atoms with E-state index in [-0.39, 0.29) is 12.0 Å². The summed E-state index contributed by atoms with van der Waals surface area (Å²) in [5, 5.41) is 9.10. The zero-order valence-corrected chi connectivity index (χ0v) is 16.6. The highest BCUT2D eigenvalue weighted by atomic mass is 19.1.